The van der Waals surface area contributed by atoms with Gasteiger partial charge in [0.1, 0.15) is 6.61 Å². The van der Waals surface area contributed by atoms with E-state index in [9.17, 15) is 9.59 Å². The first kappa shape index (κ1) is 36.9. The van der Waals surface area contributed by atoms with Crippen LogP contribution in [0.25, 0.3) is 0 Å². The Hall–Kier alpha value is -1.14. The molecule has 0 aromatic heterocycles. The standard InChI is InChI=1S/C32H64N2O4/c1-5-8-11-15-22-30(23-16-12-9-6-2)32(36)34-25-18-14-20-27-37-26-19-13-17-24-33-31(35)28-38-29(4)21-10-7-3/h29-30H,5-28H2,1-4H3,(H,33,35)(H,34,36). The maximum absolute atomic E-state index is 12.7. The van der Waals surface area contributed by atoms with Crippen LogP contribution >= 0.6 is 0 Å². The van der Waals surface area contributed by atoms with Crippen LogP contribution in [0.4, 0.5) is 0 Å². The second-order valence-electron chi connectivity index (χ2n) is 11.0. The molecule has 0 rings (SSSR count). The summed E-state index contributed by atoms with van der Waals surface area (Å²) in [6, 6.07) is 0. The Morgan fingerprint density at radius 3 is 1.68 bits per heavy atom. The minimum absolute atomic E-state index is 0.0183. The molecule has 0 saturated carbocycles. The molecule has 0 aliphatic heterocycles. The number of nitrogens with one attached hydrogen (secondary N) is 2. The second-order valence-corrected chi connectivity index (χ2v) is 11.0. The van der Waals surface area contributed by atoms with Gasteiger partial charge in [0.15, 0.2) is 0 Å². The molecule has 1 atom stereocenters. The molecule has 38 heavy (non-hydrogen) atoms. The van der Waals surface area contributed by atoms with E-state index < -0.39 is 0 Å². The van der Waals surface area contributed by atoms with E-state index in [-0.39, 0.29) is 30.4 Å². The lowest BCUT2D eigenvalue weighted by molar-refractivity contribution is -0.127. The highest BCUT2D eigenvalue weighted by atomic mass is 16.5. The fraction of sp³-hybridized carbons (Fsp3) is 0.938. The van der Waals surface area contributed by atoms with Crippen molar-refractivity contribution in [2.45, 2.75) is 156 Å². The van der Waals surface area contributed by atoms with Crippen LogP contribution in [0.5, 0.6) is 0 Å². The SMILES string of the molecule is CCCCCCC(CCCCCC)C(=O)NCCCCCOCCCCCNC(=O)COC(C)CCCC. The number of carbonyl (C=O) groups is 2. The molecule has 0 radical (unpaired) electrons. The number of ether oxygens (including phenoxy) is 2. The van der Waals surface area contributed by atoms with Gasteiger partial charge >= 0.3 is 0 Å². The largest absolute Gasteiger partial charge is 0.381 e. The molecule has 0 aromatic rings. The van der Waals surface area contributed by atoms with E-state index in [4.69, 9.17) is 9.47 Å². The molecule has 0 aliphatic rings. The molecule has 2 amide bonds. The molecule has 0 aliphatic carbocycles. The molecule has 6 heteroatoms. The number of hydrogen-bond donors (Lipinski definition) is 2. The Labute approximate surface area is 236 Å². The Balaban J connectivity index is 3.64. The first-order valence-corrected chi connectivity index (χ1v) is 16.3. The van der Waals surface area contributed by atoms with Crippen molar-refractivity contribution in [2.24, 2.45) is 5.92 Å². The van der Waals surface area contributed by atoms with Crippen molar-refractivity contribution in [2.75, 3.05) is 32.9 Å². The van der Waals surface area contributed by atoms with Gasteiger partial charge in [-0.25, -0.2) is 0 Å². The molecule has 6 nitrogen and oxygen atoms in total. The normalized spacial score (nSPS) is 12.1. The third-order valence-corrected chi connectivity index (χ3v) is 7.20. The zero-order chi connectivity index (χ0) is 28.1. The molecule has 0 fully saturated rings. The van der Waals surface area contributed by atoms with Crippen molar-refractivity contribution in [3.05, 3.63) is 0 Å². The van der Waals surface area contributed by atoms with Crippen LogP contribution in [0.2, 0.25) is 0 Å². The van der Waals surface area contributed by atoms with Gasteiger partial charge in [-0.2, -0.15) is 0 Å². The maximum atomic E-state index is 12.7. The Bertz CT molecular complexity index is 518. The third-order valence-electron chi connectivity index (χ3n) is 7.20. The summed E-state index contributed by atoms with van der Waals surface area (Å²) >= 11 is 0. The minimum Gasteiger partial charge on any atom is -0.381 e. The molecular weight excluding hydrogens is 476 g/mol. The monoisotopic (exact) mass is 540 g/mol. The van der Waals surface area contributed by atoms with Gasteiger partial charge in [0.05, 0.1) is 6.10 Å². The van der Waals surface area contributed by atoms with Crippen LogP contribution in [0.1, 0.15) is 150 Å². The summed E-state index contributed by atoms with van der Waals surface area (Å²) in [5.74, 6) is 0.461. The highest BCUT2D eigenvalue weighted by Crippen LogP contribution is 2.19. The highest BCUT2D eigenvalue weighted by molar-refractivity contribution is 5.78. The molecular formula is C32H64N2O4. The number of rotatable bonds is 29. The summed E-state index contributed by atoms with van der Waals surface area (Å²) in [4.78, 5) is 24.5. The molecule has 2 N–H and O–H groups in total. The fourth-order valence-electron chi connectivity index (χ4n) is 4.58. The fourth-order valence-corrected chi connectivity index (χ4v) is 4.58. The number of hydrogen-bond acceptors (Lipinski definition) is 4. The van der Waals surface area contributed by atoms with E-state index in [0.717, 1.165) is 90.4 Å². The van der Waals surface area contributed by atoms with Gasteiger partial charge in [-0.3, -0.25) is 9.59 Å². The Kier molecular flexibility index (Phi) is 28.0. The first-order chi connectivity index (χ1) is 18.5. The summed E-state index contributed by atoms with van der Waals surface area (Å²) in [5, 5.41) is 6.14. The average Bonchev–Trinajstić information content (AvgIpc) is 2.92. The molecule has 226 valence electrons. The van der Waals surface area contributed by atoms with Crippen molar-refractivity contribution >= 4 is 11.8 Å². The number of carbonyl (C=O) groups excluding carboxylic acids is 2. The van der Waals surface area contributed by atoms with E-state index in [0.29, 0.717) is 6.54 Å². The molecule has 1 unspecified atom stereocenters. The maximum Gasteiger partial charge on any atom is 0.246 e. The van der Waals surface area contributed by atoms with Gasteiger partial charge in [0, 0.05) is 32.2 Å². The second kappa shape index (κ2) is 28.9. The van der Waals surface area contributed by atoms with E-state index in [1.54, 1.807) is 0 Å². The van der Waals surface area contributed by atoms with Gasteiger partial charge in [-0.05, 0) is 64.7 Å². The van der Waals surface area contributed by atoms with E-state index >= 15 is 0 Å². The lowest BCUT2D eigenvalue weighted by Crippen LogP contribution is -2.31. The zero-order valence-corrected chi connectivity index (χ0v) is 25.8. The highest BCUT2D eigenvalue weighted by Gasteiger charge is 2.17. The van der Waals surface area contributed by atoms with Crippen molar-refractivity contribution in [3.8, 4) is 0 Å². The third kappa shape index (κ3) is 25.2. The molecule has 0 aromatic carbocycles. The van der Waals surface area contributed by atoms with E-state index in [2.05, 4.69) is 31.4 Å². The summed E-state index contributed by atoms with van der Waals surface area (Å²) in [6.07, 6.45) is 21.6. The van der Waals surface area contributed by atoms with Crippen LogP contribution in [0.3, 0.4) is 0 Å². The van der Waals surface area contributed by atoms with Gasteiger partial charge in [-0.1, -0.05) is 85.0 Å². The predicted molar refractivity (Wildman–Crippen MR) is 160 cm³/mol. The summed E-state index contributed by atoms with van der Waals surface area (Å²) in [5.41, 5.74) is 0. The minimum atomic E-state index is -0.0183. The van der Waals surface area contributed by atoms with Crippen LogP contribution in [0, 0.1) is 5.92 Å². The summed E-state index contributed by atoms with van der Waals surface area (Å²) < 4.78 is 11.3. The van der Waals surface area contributed by atoms with Crippen LogP contribution in [-0.4, -0.2) is 50.8 Å². The number of amides is 2. The average molecular weight is 541 g/mol. The smallest absolute Gasteiger partial charge is 0.246 e. The van der Waals surface area contributed by atoms with Crippen LogP contribution < -0.4 is 10.6 Å². The van der Waals surface area contributed by atoms with Gasteiger partial charge in [0.25, 0.3) is 0 Å². The zero-order valence-electron chi connectivity index (χ0n) is 25.8. The molecule has 0 saturated heterocycles. The molecule has 0 spiro atoms. The quantitative estimate of drug-likeness (QED) is 0.0952. The Morgan fingerprint density at radius 2 is 1.13 bits per heavy atom. The summed E-state index contributed by atoms with van der Waals surface area (Å²) in [6.45, 7) is 11.9. The van der Waals surface area contributed by atoms with Crippen molar-refractivity contribution < 1.29 is 19.1 Å². The predicted octanol–water partition coefficient (Wildman–Crippen LogP) is 7.73. The topological polar surface area (TPSA) is 76.7 Å². The lowest BCUT2D eigenvalue weighted by atomic mass is 9.93. The molecule has 0 heterocycles. The van der Waals surface area contributed by atoms with E-state index in [1.807, 2.05) is 6.92 Å². The first-order valence-electron chi connectivity index (χ1n) is 16.3. The summed E-state index contributed by atoms with van der Waals surface area (Å²) in [7, 11) is 0. The Morgan fingerprint density at radius 1 is 0.605 bits per heavy atom. The van der Waals surface area contributed by atoms with Crippen LogP contribution in [0.15, 0.2) is 0 Å². The van der Waals surface area contributed by atoms with Gasteiger partial charge in [-0.15, -0.1) is 0 Å². The van der Waals surface area contributed by atoms with Crippen molar-refractivity contribution in [3.63, 3.8) is 0 Å². The van der Waals surface area contributed by atoms with Crippen LogP contribution in [-0.2, 0) is 19.1 Å². The van der Waals surface area contributed by atoms with Crippen molar-refractivity contribution in [1.29, 1.82) is 0 Å². The van der Waals surface area contributed by atoms with E-state index in [1.165, 1.54) is 51.4 Å². The molecule has 0 bridgehead atoms. The van der Waals surface area contributed by atoms with Crippen molar-refractivity contribution in [1.82, 2.24) is 10.6 Å². The van der Waals surface area contributed by atoms with Gasteiger partial charge < -0.3 is 20.1 Å². The number of unbranched alkanes of at least 4 members (excludes halogenated alkanes) is 11. The van der Waals surface area contributed by atoms with Gasteiger partial charge in [0.2, 0.25) is 11.8 Å². The lowest BCUT2D eigenvalue weighted by Gasteiger charge is -2.17.